The van der Waals surface area contributed by atoms with Gasteiger partial charge in [0.2, 0.25) is 0 Å². The number of aromatic nitrogens is 2. The Morgan fingerprint density at radius 1 is 0.314 bits per heavy atom. The molecular weight excluding hydrogens is 637 g/mol. The molecule has 0 spiro atoms. The lowest BCUT2D eigenvalue weighted by atomic mass is 9.98. The topological polar surface area (TPSA) is 9.86 Å². The van der Waals surface area contributed by atoms with Crippen LogP contribution in [0.3, 0.4) is 0 Å². The van der Waals surface area contributed by atoms with Gasteiger partial charge in [0.05, 0.1) is 22.1 Å². The molecule has 0 amide bonds. The number of rotatable bonds is 4. The van der Waals surface area contributed by atoms with E-state index < -0.39 is 0 Å². The summed E-state index contributed by atoms with van der Waals surface area (Å²) in [6.07, 6.45) is 0. The molecule has 0 unspecified atom stereocenters. The molecule has 0 aliphatic heterocycles. The Kier molecular flexibility index (Phi) is 6.16. The number of hydrogen-bond acceptors (Lipinski definition) is 1. The lowest BCUT2D eigenvalue weighted by Gasteiger charge is -2.12. The molecule has 0 radical (unpaired) electrons. The van der Waals surface area contributed by atoms with Crippen molar-refractivity contribution in [3.63, 3.8) is 0 Å². The zero-order valence-electron chi connectivity index (χ0n) is 27.6. The predicted molar refractivity (Wildman–Crippen MR) is 219 cm³/mol. The van der Waals surface area contributed by atoms with E-state index in [1.54, 1.807) is 0 Å². The van der Waals surface area contributed by atoms with Gasteiger partial charge in [-0.15, -0.1) is 11.3 Å². The average Bonchev–Trinajstić information content (AvgIpc) is 3.85. The fourth-order valence-electron chi connectivity index (χ4n) is 8.26. The van der Waals surface area contributed by atoms with Gasteiger partial charge in [0.1, 0.15) is 0 Å². The summed E-state index contributed by atoms with van der Waals surface area (Å²) in [5.41, 5.74) is 12.1. The summed E-state index contributed by atoms with van der Waals surface area (Å²) in [4.78, 5) is 0. The van der Waals surface area contributed by atoms with Crippen LogP contribution in [0.25, 0.3) is 97.4 Å². The average molecular weight is 667 g/mol. The van der Waals surface area contributed by atoms with Crippen molar-refractivity contribution >= 4 is 75.1 Å². The summed E-state index contributed by atoms with van der Waals surface area (Å²) in [5, 5.41) is 7.70. The van der Waals surface area contributed by atoms with Crippen molar-refractivity contribution in [1.82, 2.24) is 9.13 Å². The third kappa shape index (κ3) is 4.29. The van der Waals surface area contributed by atoms with Crippen molar-refractivity contribution < 1.29 is 0 Å². The van der Waals surface area contributed by atoms with Gasteiger partial charge in [-0.2, -0.15) is 0 Å². The van der Waals surface area contributed by atoms with Gasteiger partial charge < -0.3 is 9.13 Å². The maximum Gasteiger partial charge on any atom is 0.0547 e. The second-order valence-corrected chi connectivity index (χ2v) is 14.4. The highest BCUT2D eigenvalue weighted by molar-refractivity contribution is 7.25. The molecule has 3 aromatic heterocycles. The fourth-order valence-corrected chi connectivity index (χ4v) is 9.35. The van der Waals surface area contributed by atoms with Crippen LogP contribution in [0, 0.1) is 0 Å². The first-order chi connectivity index (χ1) is 25.3. The Morgan fingerprint density at radius 3 is 1.80 bits per heavy atom. The largest absolute Gasteiger partial charge is 0.309 e. The highest BCUT2D eigenvalue weighted by Crippen LogP contribution is 2.42. The van der Waals surface area contributed by atoms with Crippen LogP contribution in [-0.2, 0) is 0 Å². The maximum atomic E-state index is 2.44. The monoisotopic (exact) mass is 666 g/mol. The molecule has 11 aromatic rings. The highest BCUT2D eigenvalue weighted by atomic mass is 32.1. The standard InChI is InChI=1S/C48H30N2S/c1-2-13-34(14-3-1)49-42-20-7-4-16-37(42)38-26-24-33(30-45(38)49)36-19-11-22-44-48(36)40-18-5-8-21-43(40)50(44)35-15-10-12-31(28-35)32-25-27-47-41(29-32)39-17-6-9-23-46(39)51-47/h1-30H. The highest BCUT2D eigenvalue weighted by Gasteiger charge is 2.18. The van der Waals surface area contributed by atoms with Gasteiger partial charge in [0.25, 0.3) is 0 Å². The molecule has 0 fully saturated rings. The molecule has 0 aliphatic carbocycles. The van der Waals surface area contributed by atoms with E-state index in [1.807, 2.05) is 11.3 Å². The minimum Gasteiger partial charge on any atom is -0.309 e. The summed E-state index contributed by atoms with van der Waals surface area (Å²) >= 11 is 1.86. The lowest BCUT2D eigenvalue weighted by molar-refractivity contribution is 1.18. The molecule has 0 atom stereocenters. The number of para-hydroxylation sites is 3. The quantitative estimate of drug-likeness (QED) is 0.177. The predicted octanol–water partition coefficient (Wildman–Crippen LogP) is 13.6. The van der Waals surface area contributed by atoms with Gasteiger partial charge in [0, 0.05) is 53.1 Å². The third-order valence-electron chi connectivity index (χ3n) is 10.5. The summed E-state index contributed by atoms with van der Waals surface area (Å²) < 4.78 is 7.50. The zero-order chi connectivity index (χ0) is 33.5. The molecule has 8 aromatic carbocycles. The van der Waals surface area contributed by atoms with Crippen LogP contribution in [0.15, 0.2) is 182 Å². The number of hydrogen-bond donors (Lipinski definition) is 0. The lowest BCUT2D eigenvalue weighted by Crippen LogP contribution is -1.94. The number of fused-ring (bicyclic) bond motifs is 9. The molecule has 3 heteroatoms. The van der Waals surface area contributed by atoms with Gasteiger partial charge in [-0.1, -0.05) is 115 Å². The Balaban J connectivity index is 1.12. The molecule has 2 nitrogen and oxygen atoms in total. The Bertz CT molecular complexity index is 3140. The van der Waals surface area contributed by atoms with Gasteiger partial charge in [-0.05, 0) is 89.0 Å². The molecule has 0 saturated heterocycles. The van der Waals surface area contributed by atoms with Gasteiger partial charge in [-0.3, -0.25) is 0 Å². The summed E-state index contributed by atoms with van der Waals surface area (Å²) in [5.74, 6) is 0. The van der Waals surface area contributed by atoms with Crippen LogP contribution in [-0.4, -0.2) is 9.13 Å². The Morgan fingerprint density at radius 2 is 0.922 bits per heavy atom. The zero-order valence-corrected chi connectivity index (χ0v) is 28.4. The Hall–Kier alpha value is -6.42. The summed E-state index contributed by atoms with van der Waals surface area (Å²) in [6, 6.07) is 66.7. The number of thiophene rings is 1. The van der Waals surface area contributed by atoms with E-state index in [0.717, 1.165) is 5.69 Å². The molecule has 51 heavy (non-hydrogen) atoms. The van der Waals surface area contributed by atoms with E-state index >= 15 is 0 Å². The maximum absolute atomic E-state index is 2.44. The van der Waals surface area contributed by atoms with Gasteiger partial charge in [0.15, 0.2) is 0 Å². The van der Waals surface area contributed by atoms with E-state index in [0.29, 0.717) is 0 Å². The van der Waals surface area contributed by atoms with Gasteiger partial charge in [-0.25, -0.2) is 0 Å². The smallest absolute Gasteiger partial charge is 0.0547 e. The van der Waals surface area contributed by atoms with Crippen molar-refractivity contribution in [3.05, 3.63) is 182 Å². The SMILES string of the molecule is c1ccc(-n2c3ccccc3c3ccc(-c4cccc5c4c4ccccc4n5-c4cccc(-c5ccc6sc7ccccc7c6c5)c4)cc32)cc1. The molecule has 3 heterocycles. The van der Waals surface area contributed by atoms with Crippen LogP contribution < -0.4 is 0 Å². The molecular formula is C48H30N2S. The second-order valence-electron chi connectivity index (χ2n) is 13.3. The van der Waals surface area contributed by atoms with E-state index in [1.165, 1.54) is 91.7 Å². The first-order valence-electron chi connectivity index (χ1n) is 17.4. The minimum absolute atomic E-state index is 1.16. The number of nitrogens with zero attached hydrogens (tertiary/aromatic N) is 2. The first kappa shape index (κ1) is 28.4. The molecule has 238 valence electrons. The molecule has 0 saturated carbocycles. The molecule has 11 rings (SSSR count). The van der Waals surface area contributed by atoms with E-state index in [2.05, 4.69) is 191 Å². The van der Waals surface area contributed by atoms with Crippen molar-refractivity contribution in [1.29, 1.82) is 0 Å². The molecule has 0 bridgehead atoms. The van der Waals surface area contributed by atoms with E-state index in [-0.39, 0.29) is 0 Å². The minimum atomic E-state index is 1.16. The van der Waals surface area contributed by atoms with Gasteiger partial charge >= 0.3 is 0 Å². The van der Waals surface area contributed by atoms with Crippen LogP contribution in [0.5, 0.6) is 0 Å². The van der Waals surface area contributed by atoms with Crippen molar-refractivity contribution in [3.8, 4) is 33.6 Å². The molecule has 0 N–H and O–H groups in total. The Labute approximate surface area is 298 Å². The first-order valence-corrected chi connectivity index (χ1v) is 18.3. The van der Waals surface area contributed by atoms with Crippen LogP contribution >= 0.6 is 11.3 Å². The van der Waals surface area contributed by atoms with E-state index in [9.17, 15) is 0 Å². The van der Waals surface area contributed by atoms with Crippen molar-refractivity contribution in [2.24, 2.45) is 0 Å². The molecule has 0 aliphatic rings. The van der Waals surface area contributed by atoms with E-state index in [4.69, 9.17) is 0 Å². The second kappa shape index (κ2) is 11.0. The number of benzene rings is 8. The fraction of sp³-hybridized carbons (Fsp3) is 0. The van der Waals surface area contributed by atoms with Crippen LogP contribution in [0.1, 0.15) is 0 Å². The van der Waals surface area contributed by atoms with Crippen LogP contribution in [0.4, 0.5) is 0 Å². The summed E-state index contributed by atoms with van der Waals surface area (Å²) in [6.45, 7) is 0. The van der Waals surface area contributed by atoms with Crippen molar-refractivity contribution in [2.75, 3.05) is 0 Å². The van der Waals surface area contributed by atoms with Crippen LogP contribution in [0.2, 0.25) is 0 Å². The normalized spacial score (nSPS) is 11.9. The van der Waals surface area contributed by atoms with Crippen molar-refractivity contribution in [2.45, 2.75) is 0 Å². The summed E-state index contributed by atoms with van der Waals surface area (Å²) in [7, 11) is 0. The third-order valence-corrected chi connectivity index (χ3v) is 11.7.